The van der Waals surface area contributed by atoms with Crippen molar-refractivity contribution in [1.29, 1.82) is 0 Å². The molecule has 2 aromatic carbocycles. The predicted octanol–water partition coefficient (Wildman–Crippen LogP) is 5.79. The number of carbonyl (C=O) groups is 1. The van der Waals surface area contributed by atoms with Crippen LogP contribution in [0.5, 0.6) is 5.75 Å². The number of amides is 1. The van der Waals surface area contributed by atoms with Crippen molar-refractivity contribution in [3.63, 3.8) is 0 Å². The van der Waals surface area contributed by atoms with E-state index in [4.69, 9.17) is 27.9 Å². The second kappa shape index (κ2) is 10.5. The summed E-state index contributed by atoms with van der Waals surface area (Å²) in [6.45, 7) is 6.56. The van der Waals surface area contributed by atoms with E-state index < -0.39 is 0 Å². The van der Waals surface area contributed by atoms with Crippen molar-refractivity contribution in [1.82, 2.24) is 10.2 Å². The van der Waals surface area contributed by atoms with E-state index in [1.807, 2.05) is 37.3 Å². The zero-order valence-corrected chi connectivity index (χ0v) is 19.4. The van der Waals surface area contributed by atoms with E-state index in [1.54, 1.807) is 7.11 Å². The number of piperidine rings is 1. The Morgan fingerprint density at radius 3 is 2.43 bits per heavy atom. The Kier molecular flexibility index (Phi) is 8.04. The first-order valence-electron chi connectivity index (χ1n) is 10.5. The Morgan fingerprint density at radius 1 is 1.20 bits per heavy atom. The molecule has 1 amide bonds. The lowest BCUT2D eigenvalue weighted by Crippen LogP contribution is -2.41. The SMILES string of the molecule is CC[C@H](NC(=O)C1CCN(Cc2c(Cl)cccc2Cl)CC1)c1ccc(OC)c(C)c1. The van der Waals surface area contributed by atoms with Gasteiger partial charge in [-0.2, -0.15) is 0 Å². The Hall–Kier alpha value is -1.75. The summed E-state index contributed by atoms with van der Waals surface area (Å²) < 4.78 is 5.35. The smallest absolute Gasteiger partial charge is 0.223 e. The minimum Gasteiger partial charge on any atom is -0.496 e. The fourth-order valence-electron chi connectivity index (χ4n) is 4.09. The topological polar surface area (TPSA) is 41.6 Å². The molecule has 0 unspecified atom stereocenters. The summed E-state index contributed by atoms with van der Waals surface area (Å²) in [5, 5.41) is 4.65. The van der Waals surface area contributed by atoms with Gasteiger partial charge in [0.2, 0.25) is 5.91 Å². The Bertz CT molecular complexity index is 859. The number of halogens is 2. The number of hydrogen-bond donors (Lipinski definition) is 1. The number of nitrogens with zero attached hydrogens (tertiary/aromatic N) is 1. The normalized spacial score (nSPS) is 16.3. The number of benzene rings is 2. The first-order valence-corrected chi connectivity index (χ1v) is 11.3. The third-order valence-corrected chi connectivity index (χ3v) is 6.66. The quantitative estimate of drug-likeness (QED) is 0.582. The molecule has 3 rings (SSSR count). The molecule has 0 spiro atoms. The van der Waals surface area contributed by atoms with Crippen molar-refractivity contribution < 1.29 is 9.53 Å². The third kappa shape index (κ3) is 5.48. The van der Waals surface area contributed by atoms with Gasteiger partial charge in [0, 0.05) is 28.1 Å². The second-order valence-electron chi connectivity index (χ2n) is 7.95. The van der Waals surface area contributed by atoms with Crippen LogP contribution in [0.2, 0.25) is 10.0 Å². The number of likely N-dealkylation sites (tertiary alicyclic amines) is 1. The number of nitrogens with one attached hydrogen (secondary N) is 1. The molecule has 1 heterocycles. The van der Waals surface area contributed by atoms with Gasteiger partial charge in [-0.05, 0) is 68.6 Å². The minimum atomic E-state index is 0.0158. The summed E-state index contributed by atoms with van der Waals surface area (Å²) in [5.74, 6) is 1.05. The molecule has 1 aliphatic heterocycles. The average molecular weight is 449 g/mol. The third-order valence-electron chi connectivity index (χ3n) is 5.95. The average Bonchev–Trinajstić information content (AvgIpc) is 2.75. The molecule has 162 valence electrons. The van der Waals surface area contributed by atoms with E-state index in [0.717, 1.165) is 61.3 Å². The molecule has 6 heteroatoms. The maximum absolute atomic E-state index is 12.9. The summed E-state index contributed by atoms with van der Waals surface area (Å²) in [5.41, 5.74) is 3.16. The molecule has 0 aromatic heterocycles. The summed E-state index contributed by atoms with van der Waals surface area (Å²) in [4.78, 5) is 15.2. The van der Waals surface area contributed by atoms with Crippen LogP contribution in [0.3, 0.4) is 0 Å². The highest BCUT2D eigenvalue weighted by molar-refractivity contribution is 6.35. The molecule has 0 aliphatic carbocycles. The van der Waals surface area contributed by atoms with Crippen LogP contribution >= 0.6 is 23.2 Å². The Balaban J connectivity index is 1.56. The molecular weight excluding hydrogens is 419 g/mol. The number of carbonyl (C=O) groups excluding carboxylic acids is 1. The molecule has 1 N–H and O–H groups in total. The van der Waals surface area contributed by atoms with Crippen molar-refractivity contribution >= 4 is 29.1 Å². The number of methoxy groups -OCH3 is 1. The van der Waals surface area contributed by atoms with Crippen LogP contribution in [0.4, 0.5) is 0 Å². The number of ether oxygens (including phenoxy) is 1. The molecular formula is C24H30Cl2N2O2. The highest BCUT2D eigenvalue weighted by Crippen LogP contribution is 2.29. The molecule has 30 heavy (non-hydrogen) atoms. The Labute approximate surface area is 189 Å². The standard InChI is InChI=1S/C24H30Cl2N2O2/c1-4-22(18-8-9-23(30-3)16(2)14-18)27-24(29)17-10-12-28(13-11-17)15-19-20(25)6-5-7-21(19)26/h5-9,14,17,22H,4,10-13,15H2,1-3H3,(H,27,29)/t22-/m0/s1. The maximum atomic E-state index is 12.9. The molecule has 1 saturated heterocycles. The van der Waals surface area contributed by atoms with E-state index in [2.05, 4.69) is 23.2 Å². The van der Waals surface area contributed by atoms with Crippen molar-refractivity contribution in [3.05, 3.63) is 63.1 Å². The zero-order chi connectivity index (χ0) is 21.7. The molecule has 1 atom stereocenters. The van der Waals surface area contributed by atoms with Crippen LogP contribution in [-0.2, 0) is 11.3 Å². The van der Waals surface area contributed by atoms with Crippen molar-refractivity contribution in [2.24, 2.45) is 5.92 Å². The summed E-state index contributed by atoms with van der Waals surface area (Å²) in [7, 11) is 1.67. The van der Waals surface area contributed by atoms with E-state index in [9.17, 15) is 4.79 Å². The maximum Gasteiger partial charge on any atom is 0.223 e. The van der Waals surface area contributed by atoms with Gasteiger partial charge in [-0.3, -0.25) is 9.69 Å². The highest BCUT2D eigenvalue weighted by Gasteiger charge is 2.27. The largest absolute Gasteiger partial charge is 0.496 e. The van der Waals surface area contributed by atoms with Crippen LogP contribution < -0.4 is 10.1 Å². The van der Waals surface area contributed by atoms with Crippen molar-refractivity contribution in [2.75, 3.05) is 20.2 Å². The zero-order valence-electron chi connectivity index (χ0n) is 17.9. The van der Waals surface area contributed by atoms with Gasteiger partial charge in [0.15, 0.2) is 0 Å². The van der Waals surface area contributed by atoms with Crippen LogP contribution in [0.25, 0.3) is 0 Å². The highest BCUT2D eigenvalue weighted by atomic mass is 35.5. The monoisotopic (exact) mass is 448 g/mol. The molecule has 1 aliphatic rings. The van der Waals surface area contributed by atoms with Gasteiger partial charge in [-0.15, -0.1) is 0 Å². The fourth-order valence-corrected chi connectivity index (χ4v) is 4.61. The van der Waals surface area contributed by atoms with E-state index in [1.165, 1.54) is 0 Å². The molecule has 0 radical (unpaired) electrons. The number of hydrogen-bond acceptors (Lipinski definition) is 3. The van der Waals surface area contributed by atoms with E-state index >= 15 is 0 Å². The van der Waals surface area contributed by atoms with Crippen LogP contribution in [-0.4, -0.2) is 31.0 Å². The Morgan fingerprint density at radius 2 is 1.87 bits per heavy atom. The summed E-state index contributed by atoms with van der Waals surface area (Å²) in [6.07, 6.45) is 2.53. The fraction of sp³-hybridized carbons (Fsp3) is 0.458. The summed E-state index contributed by atoms with van der Waals surface area (Å²) in [6, 6.07) is 11.7. The molecule has 1 fully saturated rings. The number of aryl methyl sites for hydroxylation is 1. The van der Waals surface area contributed by atoms with Gasteiger partial charge >= 0.3 is 0 Å². The molecule has 0 bridgehead atoms. The molecule has 4 nitrogen and oxygen atoms in total. The van der Waals surface area contributed by atoms with Gasteiger partial charge in [-0.1, -0.05) is 48.3 Å². The first kappa shape index (κ1) is 22.9. The van der Waals surface area contributed by atoms with Gasteiger partial charge in [-0.25, -0.2) is 0 Å². The number of rotatable bonds is 7. The van der Waals surface area contributed by atoms with Crippen LogP contribution in [0.1, 0.15) is 48.9 Å². The van der Waals surface area contributed by atoms with Gasteiger partial charge < -0.3 is 10.1 Å². The minimum absolute atomic E-state index is 0.0158. The molecule has 2 aromatic rings. The lowest BCUT2D eigenvalue weighted by Gasteiger charge is -2.32. The van der Waals surface area contributed by atoms with E-state index in [-0.39, 0.29) is 17.9 Å². The van der Waals surface area contributed by atoms with Crippen molar-refractivity contribution in [3.8, 4) is 5.75 Å². The second-order valence-corrected chi connectivity index (χ2v) is 8.76. The first-order chi connectivity index (χ1) is 14.4. The lowest BCUT2D eigenvalue weighted by molar-refractivity contribution is -0.127. The van der Waals surface area contributed by atoms with Crippen molar-refractivity contribution in [2.45, 2.75) is 45.7 Å². The molecule has 0 saturated carbocycles. The van der Waals surface area contributed by atoms with Gasteiger partial charge in [0.05, 0.1) is 13.2 Å². The van der Waals surface area contributed by atoms with Crippen LogP contribution in [0.15, 0.2) is 36.4 Å². The van der Waals surface area contributed by atoms with Gasteiger partial charge in [0.25, 0.3) is 0 Å². The van der Waals surface area contributed by atoms with Crippen LogP contribution in [0, 0.1) is 12.8 Å². The predicted molar refractivity (Wildman–Crippen MR) is 123 cm³/mol. The van der Waals surface area contributed by atoms with E-state index in [0.29, 0.717) is 10.0 Å². The van der Waals surface area contributed by atoms with Gasteiger partial charge in [0.1, 0.15) is 5.75 Å². The summed E-state index contributed by atoms with van der Waals surface area (Å²) >= 11 is 12.6. The lowest BCUT2D eigenvalue weighted by atomic mass is 9.94.